The molecule has 1 aromatic heterocycles. The zero-order chi connectivity index (χ0) is 5.98. The highest BCUT2D eigenvalue weighted by atomic mass is 15.2. The van der Waals surface area contributed by atoms with E-state index in [0.29, 0.717) is 5.69 Å². The first kappa shape index (κ1) is 4.85. The van der Waals surface area contributed by atoms with E-state index in [2.05, 4.69) is 11.3 Å². The van der Waals surface area contributed by atoms with Crippen LogP contribution in [0.4, 0.5) is 0 Å². The quantitative estimate of drug-likeness (QED) is 0.470. The van der Waals surface area contributed by atoms with Crippen LogP contribution in [0.25, 0.3) is 0 Å². The molecule has 3 heteroatoms. The minimum atomic E-state index is 0.532. The molecule has 0 aliphatic carbocycles. The molecule has 1 aromatic rings. The van der Waals surface area contributed by atoms with Crippen LogP contribution < -0.4 is 0 Å². The van der Waals surface area contributed by atoms with Gasteiger partial charge in [0.2, 0.25) is 0 Å². The highest BCUT2D eigenvalue weighted by Crippen LogP contribution is 1.89. The molecule has 0 aliphatic rings. The number of aryl methyl sites for hydroxylation is 1. The van der Waals surface area contributed by atoms with Crippen LogP contribution in [0.15, 0.2) is 6.07 Å². The SMILES string of the molecule is Cn1n[c]cc1C#N. The number of hydrogen-bond donors (Lipinski definition) is 0. The molecule has 0 saturated carbocycles. The maximum absolute atomic E-state index is 8.28. The van der Waals surface area contributed by atoms with Crippen molar-refractivity contribution in [1.82, 2.24) is 9.78 Å². The molecule has 3 nitrogen and oxygen atoms in total. The summed E-state index contributed by atoms with van der Waals surface area (Å²) < 4.78 is 1.47. The van der Waals surface area contributed by atoms with Gasteiger partial charge in [-0.05, 0) is 0 Å². The standard InChI is InChI=1S/C5H4N3/c1-8-5(4-6)2-3-7-8/h2H,1H3. The summed E-state index contributed by atoms with van der Waals surface area (Å²) in [5, 5.41) is 11.9. The van der Waals surface area contributed by atoms with E-state index in [4.69, 9.17) is 5.26 Å². The van der Waals surface area contributed by atoms with Crippen LogP contribution >= 0.6 is 0 Å². The van der Waals surface area contributed by atoms with Gasteiger partial charge < -0.3 is 0 Å². The van der Waals surface area contributed by atoms with Crippen molar-refractivity contribution >= 4 is 0 Å². The van der Waals surface area contributed by atoms with E-state index in [0.717, 1.165) is 0 Å². The number of nitriles is 1. The Morgan fingerprint density at radius 2 is 2.75 bits per heavy atom. The molecule has 0 fully saturated rings. The summed E-state index contributed by atoms with van der Waals surface area (Å²) in [7, 11) is 1.70. The molecule has 0 bridgehead atoms. The second kappa shape index (κ2) is 1.66. The third kappa shape index (κ3) is 0.562. The molecular formula is C5H4N3. The largest absolute Gasteiger partial charge is 0.257 e. The topological polar surface area (TPSA) is 41.6 Å². The first-order valence-electron chi connectivity index (χ1n) is 2.15. The third-order valence-corrected chi connectivity index (χ3v) is 0.872. The van der Waals surface area contributed by atoms with Crippen LogP contribution in [0.2, 0.25) is 0 Å². The predicted octanol–water partition coefficient (Wildman–Crippen LogP) is 0.0920. The molecule has 1 radical (unpaired) electrons. The third-order valence-electron chi connectivity index (χ3n) is 0.872. The Kier molecular flexibility index (Phi) is 1.01. The van der Waals surface area contributed by atoms with Gasteiger partial charge in [-0.2, -0.15) is 10.4 Å². The van der Waals surface area contributed by atoms with E-state index in [1.807, 2.05) is 6.07 Å². The molecule has 0 spiro atoms. The van der Waals surface area contributed by atoms with Gasteiger partial charge in [-0.25, -0.2) is 0 Å². The second-order valence-corrected chi connectivity index (χ2v) is 1.39. The smallest absolute Gasteiger partial charge is 0.138 e. The normalized spacial score (nSPS) is 8.50. The molecule has 39 valence electrons. The zero-order valence-electron chi connectivity index (χ0n) is 4.42. The van der Waals surface area contributed by atoms with Crippen molar-refractivity contribution in [3.8, 4) is 6.07 Å². The van der Waals surface area contributed by atoms with Crippen LogP contribution in [-0.4, -0.2) is 9.78 Å². The van der Waals surface area contributed by atoms with Crippen molar-refractivity contribution in [3.63, 3.8) is 0 Å². The second-order valence-electron chi connectivity index (χ2n) is 1.39. The Labute approximate surface area is 47.2 Å². The van der Waals surface area contributed by atoms with Gasteiger partial charge in [-0.3, -0.25) is 4.68 Å². The molecule has 0 amide bonds. The van der Waals surface area contributed by atoms with Gasteiger partial charge >= 0.3 is 0 Å². The van der Waals surface area contributed by atoms with E-state index in [9.17, 15) is 0 Å². The van der Waals surface area contributed by atoms with Gasteiger partial charge in [0, 0.05) is 13.1 Å². The summed E-state index contributed by atoms with van der Waals surface area (Å²) in [6, 6.07) is 3.49. The molecule has 0 saturated heterocycles. The number of hydrogen-bond acceptors (Lipinski definition) is 2. The Morgan fingerprint density at radius 3 is 3.00 bits per heavy atom. The molecule has 0 aromatic carbocycles. The van der Waals surface area contributed by atoms with Gasteiger partial charge in [-0.1, -0.05) is 0 Å². The molecule has 0 unspecified atom stereocenters. The first-order chi connectivity index (χ1) is 3.84. The van der Waals surface area contributed by atoms with Gasteiger partial charge in [0.25, 0.3) is 0 Å². The lowest BCUT2D eigenvalue weighted by atomic mass is 10.5. The van der Waals surface area contributed by atoms with Crippen molar-refractivity contribution in [2.75, 3.05) is 0 Å². The van der Waals surface area contributed by atoms with Crippen molar-refractivity contribution in [2.45, 2.75) is 0 Å². The van der Waals surface area contributed by atoms with E-state index in [1.165, 1.54) is 4.68 Å². The summed E-state index contributed by atoms with van der Waals surface area (Å²) >= 11 is 0. The van der Waals surface area contributed by atoms with Crippen molar-refractivity contribution in [3.05, 3.63) is 18.0 Å². The summed E-state index contributed by atoms with van der Waals surface area (Å²) in [5.74, 6) is 0. The summed E-state index contributed by atoms with van der Waals surface area (Å²) in [5.41, 5.74) is 0.532. The van der Waals surface area contributed by atoms with Crippen LogP contribution in [0.3, 0.4) is 0 Å². The Morgan fingerprint density at radius 1 is 2.00 bits per heavy atom. The zero-order valence-corrected chi connectivity index (χ0v) is 4.42. The summed E-state index contributed by atoms with van der Waals surface area (Å²) in [6.45, 7) is 0. The first-order valence-corrected chi connectivity index (χ1v) is 2.15. The fraction of sp³-hybridized carbons (Fsp3) is 0.200. The summed E-state index contributed by atoms with van der Waals surface area (Å²) in [6.07, 6.45) is 2.54. The number of rotatable bonds is 0. The predicted molar refractivity (Wildman–Crippen MR) is 26.8 cm³/mol. The van der Waals surface area contributed by atoms with E-state index < -0.39 is 0 Å². The average Bonchev–Trinajstić information content (AvgIpc) is 2.14. The van der Waals surface area contributed by atoms with Crippen LogP contribution in [0, 0.1) is 17.5 Å². The number of nitrogens with zero attached hydrogens (tertiary/aromatic N) is 3. The molecule has 8 heavy (non-hydrogen) atoms. The molecule has 0 atom stereocenters. The van der Waals surface area contributed by atoms with Crippen molar-refractivity contribution in [2.24, 2.45) is 7.05 Å². The Bertz CT molecular complexity index is 218. The molecule has 1 heterocycles. The minimum absolute atomic E-state index is 0.532. The lowest BCUT2D eigenvalue weighted by Gasteiger charge is -1.84. The molecule has 0 N–H and O–H groups in total. The maximum atomic E-state index is 8.28. The van der Waals surface area contributed by atoms with E-state index in [-0.39, 0.29) is 0 Å². The highest BCUT2D eigenvalue weighted by molar-refractivity contribution is 5.16. The minimum Gasteiger partial charge on any atom is -0.257 e. The van der Waals surface area contributed by atoms with Crippen molar-refractivity contribution in [1.29, 1.82) is 5.26 Å². The maximum Gasteiger partial charge on any atom is 0.138 e. The van der Waals surface area contributed by atoms with Gasteiger partial charge in [-0.15, -0.1) is 0 Å². The van der Waals surface area contributed by atoms with E-state index in [1.54, 1.807) is 13.1 Å². The average molecular weight is 106 g/mol. The van der Waals surface area contributed by atoms with Gasteiger partial charge in [0.1, 0.15) is 18.0 Å². The lowest BCUT2D eigenvalue weighted by Crippen LogP contribution is -1.91. The van der Waals surface area contributed by atoms with Crippen LogP contribution in [0.5, 0.6) is 0 Å². The summed E-state index contributed by atoms with van der Waals surface area (Å²) in [4.78, 5) is 0. The van der Waals surface area contributed by atoms with Crippen molar-refractivity contribution < 1.29 is 0 Å². The molecular weight excluding hydrogens is 102 g/mol. The Balaban J connectivity index is 3.15. The molecule has 0 aliphatic heterocycles. The number of aromatic nitrogens is 2. The fourth-order valence-corrected chi connectivity index (χ4v) is 0.429. The Hall–Kier alpha value is -1.30. The fourth-order valence-electron chi connectivity index (χ4n) is 0.429. The van der Waals surface area contributed by atoms with Crippen LogP contribution in [0.1, 0.15) is 5.69 Å². The van der Waals surface area contributed by atoms with Crippen LogP contribution in [-0.2, 0) is 7.05 Å². The molecule has 1 rings (SSSR count). The lowest BCUT2D eigenvalue weighted by molar-refractivity contribution is 0.754. The highest BCUT2D eigenvalue weighted by Gasteiger charge is 1.91. The van der Waals surface area contributed by atoms with Gasteiger partial charge in [0.05, 0.1) is 0 Å². The van der Waals surface area contributed by atoms with Gasteiger partial charge in [0.15, 0.2) is 0 Å². The van der Waals surface area contributed by atoms with E-state index >= 15 is 0 Å². The monoisotopic (exact) mass is 106 g/mol.